The van der Waals surface area contributed by atoms with E-state index in [4.69, 9.17) is 9.57 Å². The number of pyridine rings is 1. The van der Waals surface area contributed by atoms with Crippen LogP contribution in [0.25, 0.3) is 21.8 Å². The Morgan fingerprint density at radius 1 is 1.24 bits per heavy atom. The average molecular weight is 568 g/mol. The van der Waals surface area contributed by atoms with Gasteiger partial charge in [-0.15, -0.1) is 0 Å². The molecular weight excluding hydrogens is 545 g/mol. The summed E-state index contributed by atoms with van der Waals surface area (Å²) in [5, 5.41) is 10.8. The number of oxime groups is 1. The number of carbonyl (C=O) groups excluding carboxylic acids is 2. The Morgan fingerprint density at radius 3 is 2.95 bits per heavy atom. The number of benzene rings is 2. The lowest BCUT2D eigenvalue weighted by atomic mass is 10.0. The van der Waals surface area contributed by atoms with Crippen LogP contribution in [0.15, 0.2) is 66.1 Å². The molecule has 0 fully saturated rings. The van der Waals surface area contributed by atoms with Crippen LogP contribution in [0.1, 0.15) is 17.5 Å². The number of nitrogens with one attached hydrogen (secondary N) is 3. The molecule has 0 bridgehead atoms. The number of fused-ring (bicyclic) bond motifs is 2. The van der Waals surface area contributed by atoms with Crippen LogP contribution in [0, 0.1) is 5.82 Å². The molecule has 3 heterocycles. The van der Waals surface area contributed by atoms with Gasteiger partial charge in [-0.1, -0.05) is 23.4 Å². The Balaban J connectivity index is 1.26. The largest absolute Gasteiger partial charge is 0.445 e. The van der Waals surface area contributed by atoms with Crippen molar-refractivity contribution in [1.82, 2.24) is 20.6 Å². The Kier molecular flexibility index (Phi) is 7.31. The lowest BCUT2D eigenvalue weighted by Crippen LogP contribution is -2.49. The number of hydrogen-bond donors (Lipinski definition) is 3. The minimum atomic E-state index is -0.977. The Labute approximate surface area is 219 Å². The van der Waals surface area contributed by atoms with Crippen molar-refractivity contribution in [2.45, 2.75) is 31.6 Å². The monoisotopic (exact) mass is 567 g/mol. The first-order chi connectivity index (χ1) is 17.9. The summed E-state index contributed by atoms with van der Waals surface area (Å²) in [6.45, 7) is 0.188. The number of aromatic nitrogens is 2. The molecule has 9 nitrogen and oxygen atoms in total. The molecule has 1 aliphatic rings. The third-order valence-corrected chi connectivity index (χ3v) is 6.45. The zero-order valence-electron chi connectivity index (χ0n) is 19.5. The Bertz CT molecular complexity index is 1490. The van der Waals surface area contributed by atoms with E-state index < -0.39 is 23.9 Å². The van der Waals surface area contributed by atoms with Gasteiger partial charge in [0.1, 0.15) is 23.1 Å². The van der Waals surface area contributed by atoms with E-state index >= 15 is 0 Å². The number of ether oxygens (including phenoxy) is 1. The van der Waals surface area contributed by atoms with Crippen LogP contribution in [0.2, 0.25) is 0 Å². The predicted molar refractivity (Wildman–Crippen MR) is 140 cm³/mol. The van der Waals surface area contributed by atoms with E-state index in [2.05, 4.69) is 41.7 Å². The molecule has 4 aromatic rings. The number of hydrogen-bond acceptors (Lipinski definition) is 6. The second kappa shape index (κ2) is 11.0. The Morgan fingerprint density at radius 2 is 2.11 bits per heavy atom. The van der Waals surface area contributed by atoms with E-state index in [-0.39, 0.29) is 25.7 Å². The number of rotatable bonds is 8. The van der Waals surface area contributed by atoms with Crippen molar-refractivity contribution in [3.05, 3.63) is 77.9 Å². The van der Waals surface area contributed by atoms with E-state index in [1.165, 1.54) is 12.1 Å². The molecule has 0 unspecified atom stereocenters. The fraction of sp³-hybridized carbons (Fsp3) is 0.231. The van der Waals surface area contributed by atoms with Gasteiger partial charge in [0, 0.05) is 47.1 Å². The maximum Gasteiger partial charge on any atom is 0.408 e. The molecule has 37 heavy (non-hydrogen) atoms. The van der Waals surface area contributed by atoms with Crippen molar-refractivity contribution in [2.75, 3.05) is 6.54 Å². The number of H-pyrrole nitrogens is 1. The van der Waals surface area contributed by atoms with Crippen molar-refractivity contribution in [1.29, 1.82) is 0 Å². The summed E-state index contributed by atoms with van der Waals surface area (Å²) >= 11 is 3.27. The van der Waals surface area contributed by atoms with Gasteiger partial charge in [-0.05, 0) is 51.8 Å². The summed E-state index contributed by atoms with van der Waals surface area (Å²) < 4.78 is 19.9. The van der Waals surface area contributed by atoms with Crippen LogP contribution >= 0.6 is 15.9 Å². The average Bonchev–Trinajstić information content (AvgIpc) is 3.50. The zero-order chi connectivity index (χ0) is 25.8. The number of halogens is 2. The summed E-state index contributed by atoms with van der Waals surface area (Å²) in [5.41, 5.74) is 2.96. The lowest BCUT2D eigenvalue weighted by Gasteiger charge is -2.19. The Hall–Kier alpha value is -3.99. The van der Waals surface area contributed by atoms with Gasteiger partial charge >= 0.3 is 6.09 Å². The van der Waals surface area contributed by atoms with Gasteiger partial charge in [0.2, 0.25) is 5.91 Å². The van der Waals surface area contributed by atoms with Crippen LogP contribution in [-0.4, -0.2) is 45.3 Å². The highest BCUT2D eigenvalue weighted by atomic mass is 79.9. The van der Waals surface area contributed by atoms with E-state index in [0.717, 1.165) is 16.4 Å². The number of alkyl carbamates (subject to hydrolysis) is 1. The van der Waals surface area contributed by atoms with Crippen molar-refractivity contribution >= 4 is 54.4 Å². The van der Waals surface area contributed by atoms with Crippen molar-refractivity contribution in [3.8, 4) is 0 Å². The molecule has 0 radical (unpaired) electrons. The third kappa shape index (κ3) is 6.05. The van der Waals surface area contributed by atoms with Crippen LogP contribution < -0.4 is 10.6 Å². The van der Waals surface area contributed by atoms with E-state index in [9.17, 15) is 14.0 Å². The minimum absolute atomic E-state index is 0.0163. The first-order valence-corrected chi connectivity index (χ1v) is 12.4. The maximum absolute atomic E-state index is 13.9. The van der Waals surface area contributed by atoms with Crippen molar-refractivity contribution < 1.29 is 23.6 Å². The fourth-order valence-electron chi connectivity index (χ4n) is 4.12. The lowest BCUT2D eigenvalue weighted by molar-refractivity contribution is -0.123. The van der Waals surface area contributed by atoms with E-state index in [0.29, 0.717) is 27.6 Å². The van der Waals surface area contributed by atoms with Crippen LogP contribution in [0.3, 0.4) is 0 Å². The second-order valence-electron chi connectivity index (χ2n) is 8.66. The van der Waals surface area contributed by atoms with Gasteiger partial charge < -0.3 is 25.2 Å². The summed E-state index contributed by atoms with van der Waals surface area (Å²) in [6, 6.07) is 12.9. The third-order valence-electron chi connectivity index (χ3n) is 5.98. The highest BCUT2D eigenvalue weighted by molar-refractivity contribution is 9.18. The van der Waals surface area contributed by atoms with Crippen LogP contribution in [0.5, 0.6) is 0 Å². The zero-order valence-corrected chi connectivity index (χ0v) is 21.1. The maximum atomic E-state index is 13.9. The van der Waals surface area contributed by atoms with Gasteiger partial charge in [-0.2, -0.15) is 0 Å². The quantitative estimate of drug-likeness (QED) is 0.293. The normalized spacial score (nSPS) is 15.7. The molecule has 1 aliphatic heterocycles. The van der Waals surface area contributed by atoms with Gasteiger partial charge in [0.05, 0.1) is 12.1 Å². The molecule has 5 rings (SSSR count). The molecule has 0 saturated heterocycles. The van der Waals surface area contributed by atoms with Gasteiger partial charge in [0.25, 0.3) is 0 Å². The van der Waals surface area contributed by atoms with Crippen LogP contribution in [0.4, 0.5) is 9.18 Å². The number of carbonyl (C=O) groups is 2. The van der Waals surface area contributed by atoms with E-state index in [1.807, 2.05) is 30.3 Å². The molecule has 2 aromatic carbocycles. The van der Waals surface area contributed by atoms with Gasteiger partial charge in [-0.3, -0.25) is 9.78 Å². The fourth-order valence-corrected chi connectivity index (χ4v) is 4.56. The summed E-state index contributed by atoms with van der Waals surface area (Å²) in [5.74, 6) is -0.823. The molecule has 0 aliphatic carbocycles. The summed E-state index contributed by atoms with van der Waals surface area (Å²) in [6.07, 6.45) is 2.91. The van der Waals surface area contributed by atoms with Gasteiger partial charge in [0.15, 0.2) is 6.10 Å². The number of nitrogens with zero attached hydrogens (tertiary/aromatic N) is 2. The molecule has 2 atom stereocenters. The topological polar surface area (TPSA) is 118 Å². The standard InChI is InChI=1S/C26H23BrFN5O4/c27-24-10-19(37-33-24)13-31-25(34)23(8-17-12-30-22-6-5-18(28)9-20(17)22)32-26(35)36-14-15-7-16-3-1-2-4-21(16)29-11-15/h1-7,9,11-12,19,23,30H,8,10,13-14H2,(H,31,34)(H,32,35)/t19-,23-/m0/s1. The minimum Gasteiger partial charge on any atom is -0.445 e. The van der Waals surface area contributed by atoms with Crippen molar-refractivity contribution in [3.63, 3.8) is 0 Å². The first kappa shape index (κ1) is 24.7. The van der Waals surface area contributed by atoms with E-state index in [1.54, 1.807) is 18.5 Å². The first-order valence-electron chi connectivity index (χ1n) is 11.6. The number of amides is 2. The molecule has 0 spiro atoms. The highest BCUT2D eigenvalue weighted by Crippen LogP contribution is 2.21. The molecule has 11 heteroatoms. The molecule has 2 aromatic heterocycles. The molecule has 0 saturated carbocycles. The molecule has 3 N–H and O–H groups in total. The SMILES string of the molecule is O=C(N[C@@H](Cc1c[nH]c2ccc(F)cc12)C(=O)NC[C@@H]1CC(Br)=NO1)OCc1cnc2ccccc2c1. The highest BCUT2D eigenvalue weighted by Gasteiger charge is 2.26. The van der Waals surface area contributed by atoms with Gasteiger partial charge in [-0.25, -0.2) is 9.18 Å². The smallest absolute Gasteiger partial charge is 0.408 e. The molecule has 2 amide bonds. The van der Waals surface area contributed by atoms with Crippen molar-refractivity contribution in [2.24, 2.45) is 5.16 Å². The van der Waals surface area contributed by atoms with Crippen LogP contribution in [-0.2, 0) is 27.4 Å². The molecular formula is C26H23BrFN5O4. The number of para-hydroxylation sites is 1. The molecule has 190 valence electrons. The second-order valence-corrected chi connectivity index (χ2v) is 9.58. The number of aromatic amines is 1. The summed E-state index contributed by atoms with van der Waals surface area (Å²) in [7, 11) is 0. The summed E-state index contributed by atoms with van der Waals surface area (Å²) in [4.78, 5) is 38.4. The predicted octanol–water partition coefficient (Wildman–Crippen LogP) is 4.31.